The predicted molar refractivity (Wildman–Crippen MR) is 129 cm³/mol. The molecule has 0 bridgehead atoms. The van der Waals surface area contributed by atoms with Gasteiger partial charge in [0.05, 0.1) is 17.0 Å². The van der Waals surface area contributed by atoms with E-state index < -0.39 is 11.7 Å². The maximum absolute atomic E-state index is 15.0. The number of allylic oxidation sites excluding steroid dienone is 3. The molecule has 0 atom stereocenters. The number of rotatable bonds is 8. The molecule has 0 radical (unpaired) electrons. The summed E-state index contributed by atoms with van der Waals surface area (Å²) in [6.45, 7) is 8.05. The molecule has 0 spiro atoms. The Balaban J connectivity index is 1.90. The van der Waals surface area contributed by atoms with Gasteiger partial charge in [-0.1, -0.05) is 25.6 Å². The number of carbonyl (C=O) groups is 1. The number of amides is 1. The first-order valence-corrected chi connectivity index (χ1v) is 11.1. The van der Waals surface area contributed by atoms with Gasteiger partial charge in [-0.3, -0.25) is 4.79 Å². The van der Waals surface area contributed by atoms with E-state index in [2.05, 4.69) is 27.2 Å². The van der Waals surface area contributed by atoms with Gasteiger partial charge in [0.1, 0.15) is 12.1 Å². The number of nitrogens with two attached hydrogens (primary N) is 2. The van der Waals surface area contributed by atoms with Crippen molar-refractivity contribution in [3.8, 4) is 11.3 Å². The number of aromatic nitrogens is 2. The molecule has 7 nitrogen and oxygen atoms in total. The highest BCUT2D eigenvalue weighted by molar-refractivity contribution is 5.95. The van der Waals surface area contributed by atoms with Crippen molar-refractivity contribution in [1.82, 2.24) is 20.6 Å². The lowest BCUT2D eigenvalue weighted by Gasteiger charge is -2.22. The summed E-state index contributed by atoms with van der Waals surface area (Å²) in [5.74, 6) is -0.614. The molecule has 1 amide bonds. The summed E-state index contributed by atoms with van der Waals surface area (Å²) in [7, 11) is 0. The zero-order chi connectivity index (χ0) is 23.8. The molecule has 8 heteroatoms. The van der Waals surface area contributed by atoms with Crippen LogP contribution in [0, 0.1) is 11.7 Å². The third-order valence-electron chi connectivity index (χ3n) is 5.70. The average Bonchev–Trinajstić information content (AvgIpc) is 2.83. The minimum absolute atomic E-state index is 0.00734. The molecule has 6 N–H and O–H groups in total. The Morgan fingerprint density at radius 1 is 1.30 bits per heavy atom. The van der Waals surface area contributed by atoms with Crippen LogP contribution in [-0.2, 0) is 6.42 Å². The highest BCUT2D eigenvalue weighted by Crippen LogP contribution is 2.31. The first-order valence-electron chi connectivity index (χ1n) is 11.1. The lowest BCUT2D eigenvalue weighted by molar-refractivity contribution is 0.0940. The van der Waals surface area contributed by atoms with Crippen molar-refractivity contribution < 1.29 is 9.18 Å². The van der Waals surface area contributed by atoms with Crippen molar-refractivity contribution >= 4 is 11.5 Å². The number of halogens is 1. The minimum atomic E-state index is -0.609. The Labute approximate surface area is 193 Å². The number of nitrogens with one attached hydrogen (secondary N) is 2. The Morgan fingerprint density at radius 2 is 2.06 bits per heavy atom. The second-order valence-corrected chi connectivity index (χ2v) is 8.03. The van der Waals surface area contributed by atoms with Gasteiger partial charge < -0.3 is 22.1 Å². The van der Waals surface area contributed by atoms with Crippen LogP contribution in [0.5, 0.6) is 0 Å². The fourth-order valence-electron chi connectivity index (χ4n) is 3.90. The molecule has 1 fully saturated rings. The van der Waals surface area contributed by atoms with E-state index in [4.69, 9.17) is 11.5 Å². The van der Waals surface area contributed by atoms with Crippen molar-refractivity contribution in [2.45, 2.75) is 26.2 Å². The monoisotopic (exact) mass is 450 g/mol. The first-order chi connectivity index (χ1) is 15.9. The molecule has 1 saturated heterocycles. The number of aryl methyl sites for hydroxylation is 1. The lowest BCUT2D eigenvalue weighted by atomic mass is 9.95. The molecule has 3 rings (SSSR count). The van der Waals surface area contributed by atoms with Gasteiger partial charge >= 0.3 is 0 Å². The zero-order valence-electron chi connectivity index (χ0n) is 18.9. The van der Waals surface area contributed by atoms with Gasteiger partial charge in [-0.2, -0.15) is 0 Å². The van der Waals surface area contributed by atoms with Crippen molar-refractivity contribution in [1.29, 1.82) is 0 Å². The Bertz CT molecular complexity index is 1070. The van der Waals surface area contributed by atoms with E-state index in [9.17, 15) is 4.79 Å². The standard InChI is InChI=1S/C25H31FN6O/c1-3-22-23(19(13-27)5-4-16(2)28)24(32-15-31-22)18-6-7-20(21(26)12-18)25(33)30-14-17-8-10-29-11-9-17/h4-7,12-13,15,17,29H,2-3,8-11,14,27-28H2,1H3,(H,30,33)/b5-4-,19-13+. The van der Waals surface area contributed by atoms with Crippen LogP contribution in [0.25, 0.3) is 16.8 Å². The number of carbonyl (C=O) groups excluding carboxylic acids is 1. The third-order valence-corrected chi connectivity index (χ3v) is 5.70. The molecule has 33 heavy (non-hydrogen) atoms. The van der Waals surface area contributed by atoms with Crippen molar-refractivity contribution in [2.24, 2.45) is 17.4 Å². The maximum Gasteiger partial charge on any atom is 0.254 e. The van der Waals surface area contributed by atoms with E-state index in [-0.39, 0.29) is 5.56 Å². The molecule has 0 unspecified atom stereocenters. The van der Waals surface area contributed by atoms with E-state index in [1.807, 2.05) is 6.92 Å². The lowest BCUT2D eigenvalue weighted by Crippen LogP contribution is -2.36. The maximum atomic E-state index is 15.0. The van der Waals surface area contributed by atoms with Crippen LogP contribution in [0.3, 0.4) is 0 Å². The van der Waals surface area contributed by atoms with Crippen LogP contribution in [0.4, 0.5) is 4.39 Å². The molecule has 174 valence electrons. The summed E-state index contributed by atoms with van der Waals surface area (Å²) in [6, 6.07) is 4.50. The Hall–Kier alpha value is -3.52. The van der Waals surface area contributed by atoms with Crippen LogP contribution in [0.1, 0.15) is 41.4 Å². The molecule has 1 aliphatic heterocycles. The zero-order valence-corrected chi connectivity index (χ0v) is 18.9. The van der Waals surface area contributed by atoms with E-state index in [0.29, 0.717) is 47.0 Å². The number of nitrogens with zero attached hydrogens (tertiary/aromatic N) is 2. The third kappa shape index (κ3) is 6.04. The van der Waals surface area contributed by atoms with Crippen LogP contribution >= 0.6 is 0 Å². The second kappa shape index (κ2) is 11.4. The van der Waals surface area contributed by atoms with Gasteiger partial charge in [-0.05, 0) is 56.5 Å². The molecular weight excluding hydrogens is 419 g/mol. The largest absolute Gasteiger partial charge is 0.404 e. The average molecular weight is 451 g/mol. The van der Waals surface area contributed by atoms with E-state index >= 15 is 4.39 Å². The smallest absolute Gasteiger partial charge is 0.254 e. The van der Waals surface area contributed by atoms with Crippen LogP contribution < -0.4 is 22.1 Å². The molecule has 0 aliphatic carbocycles. The Kier molecular flexibility index (Phi) is 8.32. The fraction of sp³-hybridized carbons (Fsp3) is 0.320. The quantitative estimate of drug-likeness (QED) is 0.459. The van der Waals surface area contributed by atoms with Gasteiger partial charge in [0, 0.05) is 35.1 Å². The predicted octanol–water partition coefficient (Wildman–Crippen LogP) is 2.90. The van der Waals surface area contributed by atoms with Crippen LogP contribution in [-0.4, -0.2) is 35.5 Å². The molecule has 0 saturated carbocycles. The van der Waals surface area contributed by atoms with E-state index in [0.717, 1.165) is 31.6 Å². The normalized spacial score (nSPS) is 15.0. The highest BCUT2D eigenvalue weighted by atomic mass is 19.1. The molecule has 1 aromatic heterocycles. The van der Waals surface area contributed by atoms with E-state index in [1.54, 1.807) is 18.2 Å². The number of hydrogen-bond acceptors (Lipinski definition) is 6. The van der Waals surface area contributed by atoms with E-state index in [1.165, 1.54) is 24.7 Å². The van der Waals surface area contributed by atoms with Crippen LogP contribution in [0.15, 0.2) is 55.2 Å². The van der Waals surface area contributed by atoms with Gasteiger partial charge in [0.2, 0.25) is 0 Å². The SMILES string of the molecule is C=C(N)/C=C\C(=C/N)c1c(CC)ncnc1-c1ccc(C(=O)NCC2CCNCC2)c(F)c1. The summed E-state index contributed by atoms with van der Waals surface area (Å²) in [5, 5.41) is 6.16. The van der Waals surface area contributed by atoms with Crippen molar-refractivity contribution in [3.63, 3.8) is 0 Å². The van der Waals surface area contributed by atoms with Gasteiger partial charge in [-0.15, -0.1) is 0 Å². The first kappa shape index (κ1) is 24.1. The topological polar surface area (TPSA) is 119 Å². The van der Waals surface area contributed by atoms with Crippen molar-refractivity contribution in [2.75, 3.05) is 19.6 Å². The number of piperidine rings is 1. The summed E-state index contributed by atoms with van der Waals surface area (Å²) in [6.07, 6.45) is 8.85. The van der Waals surface area contributed by atoms with Gasteiger partial charge in [0.15, 0.2) is 0 Å². The molecular formula is C25H31FN6O. The number of hydrogen-bond donors (Lipinski definition) is 4. The van der Waals surface area contributed by atoms with Gasteiger partial charge in [0.25, 0.3) is 5.91 Å². The molecule has 1 aliphatic rings. The van der Waals surface area contributed by atoms with Crippen molar-refractivity contribution in [3.05, 3.63) is 77.8 Å². The van der Waals surface area contributed by atoms with Gasteiger partial charge in [-0.25, -0.2) is 14.4 Å². The summed E-state index contributed by atoms with van der Waals surface area (Å²) >= 11 is 0. The Morgan fingerprint density at radius 3 is 2.70 bits per heavy atom. The summed E-state index contributed by atoms with van der Waals surface area (Å²) in [4.78, 5) is 21.3. The second-order valence-electron chi connectivity index (χ2n) is 8.03. The summed E-state index contributed by atoms with van der Waals surface area (Å²) < 4.78 is 15.0. The minimum Gasteiger partial charge on any atom is -0.404 e. The molecule has 1 aromatic carbocycles. The fourth-order valence-corrected chi connectivity index (χ4v) is 3.90. The highest BCUT2D eigenvalue weighted by Gasteiger charge is 2.19. The summed E-state index contributed by atoms with van der Waals surface area (Å²) in [5.41, 5.74) is 15.0. The number of benzene rings is 1. The van der Waals surface area contributed by atoms with Crippen LogP contribution in [0.2, 0.25) is 0 Å². The molecule has 2 aromatic rings. The molecule has 2 heterocycles.